The van der Waals surface area contributed by atoms with Crippen molar-refractivity contribution in [3.63, 3.8) is 0 Å². The molecule has 6 nitrogen and oxygen atoms in total. The Bertz CT molecular complexity index is 532. The minimum atomic E-state index is -0.914. The van der Waals surface area contributed by atoms with Gasteiger partial charge in [0, 0.05) is 12.2 Å². The van der Waals surface area contributed by atoms with E-state index in [0.29, 0.717) is 17.7 Å². The molecule has 1 unspecified atom stereocenters. The van der Waals surface area contributed by atoms with E-state index >= 15 is 0 Å². The van der Waals surface area contributed by atoms with Crippen molar-refractivity contribution in [1.82, 2.24) is 5.32 Å². The number of carbonyl (C=O) groups is 2. The molecule has 1 aromatic rings. The van der Waals surface area contributed by atoms with Crippen LogP contribution in [-0.4, -0.2) is 23.7 Å². The van der Waals surface area contributed by atoms with Crippen LogP contribution in [0.1, 0.15) is 25.8 Å². The van der Waals surface area contributed by atoms with Crippen molar-refractivity contribution in [3.8, 4) is 6.07 Å². The number of hydrogen-bond donors (Lipinski definition) is 3. The third-order valence-corrected chi connectivity index (χ3v) is 2.89. The molecular weight excluding hydrogens is 270 g/mol. The van der Waals surface area contributed by atoms with E-state index in [9.17, 15) is 9.59 Å². The van der Waals surface area contributed by atoms with E-state index in [-0.39, 0.29) is 12.5 Å². The van der Waals surface area contributed by atoms with Crippen LogP contribution < -0.4 is 10.6 Å². The van der Waals surface area contributed by atoms with Gasteiger partial charge in [-0.1, -0.05) is 13.8 Å². The minimum Gasteiger partial charge on any atom is -0.481 e. The average molecular weight is 289 g/mol. The molecular formula is C15H19N3O3. The number of carbonyl (C=O) groups excluding carboxylic acids is 1. The molecule has 1 rings (SSSR count). The van der Waals surface area contributed by atoms with Gasteiger partial charge in [-0.05, 0) is 36.6 Å². The summed E-state index contributed by atoms with van der Waals surface area (Å²) in [4.78, 5) is 22.8. The van der Waals surface area contributed by atoms with E-state index in [1.165, 1.54) is 0 Å². The van der Waals surface area contributed by atoms with Crippen LogP contribution in [0.2, 0.25) is 0 Å². The maximum absolute atomic E-state index is 11.7. The number of amides is 2. The molecule has 21 heavy (non-hydrogen) atoms. The van der Waals surface area contributed by atoms with Crippen molar-refractivity contribution < 1.29 is 14.7 Å². The van der Waals surface area contributed by atoms with E-state index < -0.39 is 17.9 Å². The normalized spacial score (nSPS) is 11.5. The molecule has 112 valence electrons. The van der Waals surface area contributed by atoms with Crippen LogP contribution in [0.4, 0.5) is 10.5 Å². The minimum absolute atomic E-state index is 0.0790. The standard InChI is InChI=1S/C15H19N3O3/c1-10(2)7-12(14(19)20)9-17-15(21)18-13-5-3-11(8-16)4-6-13/h3-6,10,12H,7,9H2,1-2H3,(H,19,20)(H2,17,18,21). The molecule has 0 bridgehead atoms. The van der Waals surface area contributed by atoms with Gasteiger partial charge >= 0.3 is 12.0 Å². The van der Waals surface area contributed by atoms with Crippen molar-refractivity contribution >= 4 is 17.7 Å². The van der Waals surface area contributed by atoms with Crippen molar-refractivity contribution in [2.45, 2.75) is 20.3 Å². The van der Waals surface area contributed by atoms with Gasteiger partial charge in [0.25, 0.3) is 0 Å². The maximum atomic E-state index is 11.7. The highest BCUT2D eigenvalue weighted by Crippen LogP contribution is 2.12. The van der Waals surface area contributed by atoms with Gasteiger partial charge in [-0.25, -0.2) is 4.79 Å². The highest BCUT2D eigenvalue weighted by Gasteiger charge is 2.19. The first kappa shape index (κ1) is 16.5. The molecule has 1 atom stereocenters. The van der Waals surface area contributed by atoms with Gasteiger partial charge in [0.15, 0.2) is 0 Å². The summed E-state index contributed by atoms with van der Waals surface area (Å²) < 4.78 is 0. The Labute approximate surface area is 123 Å². The fourth-order valence-electron chi connectivity index (χ4n) is 1.86. The van der Waals surface area contributed by atoms with Crippen LogP contribution in [0, 0.1) is 23.2 Å². The third-order valence-electron chi connectivity index (χ3n) is 2.89. The van der Waals surface area contributed by atoms with E-state index in [1.54, 1.807) is 24.3 Å². The molecule has 0 saturated heterocycles. The first-order chi connectivity index (χ1) is 9.92. The molecule has 0 fully saturated rings. The largest absolute Gasteiger partial charge is 0.481 e. The monoisotopic (exact) mass is 289 g/mol. The summed E-state index contributed by atoms with van der Waals surface area (Å²) in [6.45, 7) is 3.95. The Balaban J connectivity index is 2.48. The molecule has 0 aliphatic carbocycles. The lowest BCUT2D eigenvalue weighted by molar-refractivity contribution is -0.142. The van der Waals surface area contributed by atoms with Crippen LogP contribution in [0.15, 0.2) is 24.3 Å². The summed E-state index contributed by atoms with van der Waals surface area (Å²) in [5, 5.41) is 22.9. The Morgan fingerprint density at radius 3 is 2.38 bits per heavy atom. The number of nitrogens with zero attached hydrogens (tertiary/aromatic N) is 1. The van der Waals surface area contributed by atoms with Crippen molar-refractivity contribution in [2.75, 3.05) is 11.9 Å². The molecule has 0 spiro atoms. The summed E-state index contributed by atoms with van der Waals surface area (Å²) in [6, 6.07) is 7.93. The zero-order valence-electron chi connectivity index (χ0n) is 12.1. The molecule has 2 amide bonds. The van der Waals surface area contributed by atoms with Gasteiger partial charge in [0.2, 0.25) is 0 Å². The number of carboxylic acids is 1. The first-order valence-electron chi connectivity index (χ1n) is 6.70. The van der Waals surface area contributed by atoms with Crippen LogP contribution >= 0.6 is 0 Å². The highest BCUT2D eigenvalue weighted by atomic mass is 16.4. The number of aliphatic carboxylic acids is 1. The highest BCUT2D eigenvalue weighted by molar-refractivity contribution is 5.89. The average Bonchev–Trinajstić information content (AvgIpc) is 2.43. The number of nitriles is 1. The van der Waals surface area contributed by atoms with Crippen LogP contribution in [0.25, 0.3) is 0 Å². The fourth-order valence-corrected chi connectivity index (χ4v) is 1.86. The van der Waals surface area contributed by atoms with Crippen molar-refractivity contribution in [3.05, 3.63) is 29.8 Å². The number of anilines is 1. The summed E-state index contributed by atoms with van der Waals surface area (Å²) in [6.07, 6.45) is 0.506. The second kappa shape index (κ2) is 7.90. The molecule has 0 aromatic heterocycles. The van der Waals surface area contributed by atoms with Crippen LogP contribution in [0.3, 0.4) is 0 Å². The number of urea groups is 1. The first-order valence-corrected chi connectivity index (χ1v) is 6.70. The Kier molecular flexibility index (Phi) is 6.21. The molecule has 1 aromatic carbocycles. The molecule has 0 radical (unpaired) electrons. The van der Waals surface area contributed by atoms with Gasteiger partial charge in [-0.2, -0.15) is 5.26 Å². The molecule has 0 aliphatic heterocycles. The molecule has 0 heterocycles. The molecule has 3 N–H and O–H groups in total. The smallest absolute Gasteiger partial charge is 0.319 e. The van der Waals surface area contributed by atoms with Gasteiger partial charge in [-0.3, -0.25) is 4.79 Å². The van der Waals surface area contributed by atoms with E-state index in [1.807, 2.05) is 19.9 Å². The predicted molar refractivity (Wildman–Crippen MR) is 78.8 cm³/mol. The quantitative estimate of drug-likeness (QED) is 0.748. The third kappa shape index (κ3) is 5.95. The summed E-state index contributed by atoms with van der Waals surface area (Å²) in [7, 11) is 0. The zero-order valence-corrected chi connectivity index (χ0v) is 12.1. The number of rotatable bonds is 6. The summed E-state index contributed by atoms with van der Waals surface area (Å²) in [5.41, 5.74) is 1.05. The SMILES string of the molecule is CC(C)CC(CNC(=O)Nc1ccc(C#N)cc1)C(=O)O. The van der Waals surface area contributed by atoms with Crippen molar-refractivity contribution in [2.24, 2.45) is 11.8 Å². The van der Waals surface area contributed by atoms with Gasteiger partial charge < -0.3 is 15.7 Å². The van der Waals surface area contributed by atoms with Crippen LogP contribution in [-0.2, 0) is 4.79 Å². The summed E-state index contributed by atoms with van der Waals surface area (Å²) >= 11 is 0. The number of hydrogen-bond acceptors (Lipinski definition) is 3. The zero-order chi connectivity index (χ0) is 15.8. The predicted octanol–water partition coefficient (Wildman–Crippen LogP) is 2.43. The second-order valence-corrected chi connectivity index (χ2v) is 5.19. The Hall–Kier alpha value is -2.55. The fraction of sp³-hybridized carbons (Fsp3) is 0.400. The number of carboxylic acid groups (broad SMARTS) is 1. The van der Waals surface area contributed by atoms with E-state index in [0.717, 1.165) is 0 Å². The van der Waals surface area contributed by atoms with Crippen LogP contribution in [0.5, 0.6) is 0 Å². The molecule has 0 aliphatic rings. The lowest BCUT2D eigenvalue weighted by Gasteiger charge is -2.15. The van der Waals surface area contributed by atoms with E-state index in [4.69, 9.17) is 10.4 Å². The van der Waals surface area contributed by atoms with Gasteiger partial charge in [0.05, 0.1) is 17.6 Å². The number of nitrogens with one attached hydrogen (secondary N) is 2. The second-order valence-electron chi connectivity index (χ2n) is 5.19. The van der Waals surface area contributed by atoms with Gasteiger partial charge in [0.1, 0.15) is 0 Å². The Morgan fingerprint density at radius 1 is 1.29 bits per heavy atom. The lowest BCUT2D eigenvalue weighted by Crippen LogP contribution is -2.36. The van der Waals surface area contributed by atoms with Crippen molar-refractivity contribution in [1.29, 1.82) is 5.26 Å². The Morgan fingerprint density at radius 2 is 1.90 bits per heavy atom. The number of benzene rings is 1. The molecule has 0 saturated carbocycles. The maximum Gasteiger partial charge on any atom is 0.319 e. The molecule has 6 heteroatoms. The summed E-state index contributed by atoms with van der Waals surface area (Å²) in [5.74, 6) is -1.27. The van der Waals surface area contributed by atoms with Gasteiger partial charge in [-0.15, -0.1) is 0 Å². The van der Waals surface area contributed by atoms with E-state index in [2.05, 4.69) is 10.6 Å². The lowest BCUT2D eigenvalue weighted by atomic mass is 9.97. The topological polar surface area (TPSA) is 102 Å².